The molecule has 16 heavy (non-hydrogen) atoms. The molecule has 3 heteroatoms. The minimum atomic E-state index is -0.780. The van der Waals surface area contributed by atoms with Gasteiger partial charge in [0.1, 0.15) is 0 Å². The predicted molar refractivity (Wildman–Crippen MR) is 67.0 cm³/mol. The molecule has 0 radical (unpaired) electrons. The number of rotatable bonds is 1. The van der Waals surface area contributed by atoms with E-state index in [1.165, 1.54) is 11.1 Å². The third-order valence-corrected chi connectivity index (χ3v) is 3.15. The molecule has 0 spiro atoms. The van der Waals surface area contributed by atoms with E-state index < -0.39 is 7.12 Å². The zero-order valence-corrected chi connectivity index (χ0v) is 10.4. The number of fused-ring (bicyclic) bond motifs is 1. The summed E-state index contributed by atoms with van der Waals surface area (Å²) in [4.78, 5) is 0. The van der Waals surface area contributed by atoms with E-state index in [0.717, 1.165) is 11.9 Å². The number of benzene rings is 1. The number of hydrogen-bond donors (Lipinski definition) is 1. The summed E-state index contributed by atoms with van der Waals surface area (Å²) in [5.74, 6) is 0.479. The van der Waals surface area contributed by atoms with Crippen LogP contribution in [0.25, 0.3) is 0 Å². The van der Waals surface area contributed by atoms with Crippen molar-refractivity contribution in [1.82, 2.24) is 0 Å². The van der Waals surface area contributed by atoms with Crippen LogP contribution in [0.4, 0.5) is 0 Å². The summed E-state index contributed by atoms with van der Waals surface area (Å²) >= 11 is 0. The Hall–Kier alpha value is -0.795. The maximum atomic E-state index is 9.98. The van der Waals surface area contributed by atoms with Crippen LogP contribution in [0.5, 0.6) is 0 Å². The van der Waals surface area contributed by atoms with Gasteiger partial charge < -0.3 is 9.68 Å². The lowest BCUT2D eigenvalue weighted by Gasteiger charge is -2.34. The van der Waals surface area contributed by atoms with Crippen LogP contribution < -0.4 is 5.46 Å². The van der Waals surface area contributed by atoms with Gasteiger partial charge in [0.2, 0.25) is 0 Å². The molecule has 0 bridgehead atoms. The second kappa shape index (κ2) is 3.90. The van der Waals surface area contributed by atoms with Crippen molar-refractivity contribution >= 4 is 12.6 Å². The third-order valence-electron chi connectivity index (χ3n) is 3.15. The Morgan fingerprint density at radius 1 is 1.38 bits per heavy atom. The van der Waals surface area contributed by atoms with E-state index in [-0.39, 0.29) is 5.60 Å². The van der Waals surface area contributed by atoms with Gasteiger partial charge in [-0.25, -0.2) is 0 Å². The van der Waals surface area contributed by atoms with Crippen LogP contribution >= 0.6 is 0 Å². The molecule has 0 aliphatic carbocycles. The molecule has 86 valence electrons. The van der Waals surface area contributed by atoms with E-state index >= 15 is 0 Å². The van der Waals surface area contributed by atoms with Crippen LogP contribution in [0.3, 0.4) is 0 Å². The van der Waals surface area contributed by atoms with Crippen LogP contribution in [0.2, 0.25) is 0 Å². The molecule has 1 aliphatic heterocycles. The molecule has 0 saturated carbocycles. The molecule has 0 atom stereocenters. The number of hydrogen-bond acceptors (Lipinski definition) is 2. The quantitative estimate of drug-likeness (QED) is 0.729. The zero-order chi connectivity index (χ0) is 11.9. The Balaban J connectivity index is 2.41. The maximum absolute atomic E-state index is 9.98. The van der Waals surface area contributed by atoms with Crippen LogP contribution in [-0.2, 0) is 11.1 Å². The molecule has 2 nitrogen and oxygen atoms in total. The highest BCUT2D eigenvalue weighted by Gasteiger charge is 2.35. The molecular weight excluding hydrogens is 199 g/mol. The highest BCUT2D eigenvalue weighted by Crippen LogP contribution is 2.24. The minimum Gasteiger partial charge on any atom is -0.423 e. The van der Waals surface area contributed by atoms with Gasteiger partial charge in [0.15, 0.2) is 0 Å². The molecule has 0 unspecified atom stereocenters. The standard InChI is InChI=1S/C13H19BO2/c1-9(2)10-5-6-11-8-13(3,4)16-14(15)12(11)7-10/h5-7,9,15H,8H2,1-4H3. The lowest BCUT2D eigenvalue weighted by molar-refractivity contribution is 0.0820. The van der Waals surface area contributed by atoms with Gasteiger partial charge in [0.25, 0.3) is 0 Å². The van der Waals surface area contributed by atoms with Crippen molar-refractivity contribution in [2.24, 2.45) is 0 Å². The summed E-state index contributed by atoms with van der Waals surface area (Å²) in [7, 11) is -0.780. The van der Waals surface area contributed by atoms with Crippen molar-refractivity contribution in [3.8, 4) is 0 Å². The second-order valence-corrected chi connectivity index (χ2v) is 5.52. The van der Waals surface area contributed by atoms with E-state index in [9.17, 15) is 5.02 Å². The summed E-state index contributed by atoms with van der Waals surface area (Å²) in [5.41, 5.74) is 3.12. The predicted octanol–water partition coefficient (Wildman–Crippen LogP) is 1.85. The summed E-state index contributed by atoms with van der Waals surface area (Å²) < 4.78 is 5.59. The van der Waals surface area contributed by atoms with Crippen LogP contribution in [0, 0.1) is 0 Å². The fraction of sp³-hybridized carbons (Fsp3) is 0.538. The topological polar surface area (TPSA) is 29.5 Å². The van der Waals surface area contributed by atoms with Crippen molar-refractivity contribution in [3.63, 3.8) is 0 Å². The van der Waals surface area contributed by atoms with Crippen LogP contribution in [-0.4, -0.2) is 17.7 Å². The van der Waals surface area contributed by atoms with Gasteiger partial charge in [-0.05, 0) is 42.8 Å². The van der Waals surface area contributed by atoms with Crippen molar-refractivity contribution in [1.29, 1.82) is 0 Å². The Kier molecular flexibility index (Phi) is 2.85. The second-order valence-electron chi connectivity index (χ2n) is 5.52. The first-order valence-corrected chi connectivity index (χ1v) is 5.88. The first-order valence-electron chi connectivity index (χ1n) is 5.88. The minimum absolute atomic E-state index is 0.272. The van der Waals surface area contributed by atoms with E-state index in [1.807, 2.05) is 13.8 Å². The van der Waals surface area contributed by atoms with Crippen molar-refractivity contribution < 1.29 is 9.68 Å². The average molecular weight is 218 g/mol. The van der Waals surface area contributed by atoms with Gasteiger partial charge in [0.05, 0.1) is 5.60 Å². The molecule has 1 aromatic rings. The molecule has 1 aromatic carbocycles. The molecule has 0 amide bonds. The van der Waals surface area contributed by atoms with Gasteiger partial charge in [-0.15, -0.1) is 0 Å². The summed E-state index contributed by atoms with van der Waals surface area (Å²) in [5, 5.41) is 9.98. The average Bonchev–Trinajstić information content (AvgIpc) is 2.15. The SMILES string of the molecule is CC(C)c1ccc2c(c1)B(O)OC(C)(C)C2. The van der Waals surface area contributed by atoms with Gasteiger partial charge >= 0.3 is 7.12 Å². The summed E-state index contributed by atoms with van der Waals surface area (Å²) in [6.45, 7) is 8.33. The molecule has 1 N–H and O–H groups in total. The molecule has 0 fully saturated rings. The van der Waals surface area contributed by atoms with Gasteiger partial charge in [-0.1, -0.05) is 32.0 Å². The van der Waals surface area contributed by atoms with Gasteiger partial charge in [-0.2, -0.15) is 0 Å². The van der Waals surface area contributed by atoms with E-state index in [0.29, 0.717) is 5.92 Å². The van der Waals surface area contributed by atoms with Crippen LogP contribution in [0.15, 0.2) is 18.2 Å². The van der Waals surface area contributed by atoms with Crippen LogP contribution in [0.1, 0.15) is 44.7 Å². The lowest BCUT2D eigenvalue weighted by atomic mass is 9.69. The Morgan fingerprint density at radius 2 is 2.06 bits per heavy atom. The molecule has 1 heterocycles. The summed E-state index contributed by atoms with van der Waals surface area (Å²) in [6, 6.07) is 6.34. The molecular formula is C13H19BO2. The summed E-state index contributed by atoms with van der Waals surface area (Å²) in [6.07, 6.45) is 0.859. The van der Waals surface area contributed by atoms with Crippen molar-refractivity contribution in [3.05, 3.63) is 29.3 Å². The zero-order valence-electron chi connectivity index (χ0n) is 10.4. The fourth-order valence-electron chi connectivity index (χ4n) is 2.23. The third kappa shape index (κ3) is 2.16. The molecule has 0 aromatic heterocycles. The Labute approximate surface area is 97.8 Å². The smallest absolute Gasteiger partial charge is 0.423 e. The van der Waals surface area contributed by atoms with E-state index in [4.69, 9.17) is 4.65 Å². The molecule has 1 aliphatic rings. The highest BCUT2D eigenvalue weighted by atomic mass is 16.5. The Bertz CT molecular complexity index is 399. The fourth-order valence-corrected chi connectivity index (χ4v) is 2.23. The largest absolute Gasteiger partial charge is 0.491 e. The van der Waals surface area contributed by atoms with Crippen molar-refractivity contribution in [2.75, 3.05) is 0 Å². The van der Waals surface area contributed by atoms with Gasteiger partial charge in [0, 0.05) is 0 Å². The normalized spacial score (nSPS) is 18.8. The molecule has 0 saturated heterocycles. The lowest BCUT2D eigenvalue weighted by Crippen LogP contribution is -2.50. The highest BCUT2D eigenvalue weighted by molar-refractivity contribution is 6.61. The molecule has 2 rings (SSSR count). The first-order chi connectivity index (χ1) is 7.39. The van der Waals surface area contributed by atoms with Crippen molar-refractivity contribution in [2.45, 2.75) is 45.6 Å². The monoisotopic (exact) mass is 218 g/mol. The van der Waals surface area contributed by atoms with E-state index in [2.05, 4.69) is 32.0 Å². The maximum Gasteiger partial charge on any atom is 0.491 e. The Morgan fingerprint density at radius 3 is 2.69 bits per heavy atom. The van der Waals surface area contributed by atoms with Gasteiger partial charge in [-0.3, -0.25) is 0 Å². The van der Waals surface area contributed by atoms with E-state index in [1.54, 1.807) is 0 Å². The first kappa shape index (κ1) is 11.7.